The highest BCUT2D eigenvalue weighted by atomic mass is 15.4. The predicted octanol–water partition coefficient (Wildman–Crippen LogP) is 1.68. The van der Waals surface area contributed by atoms with Gasteiger partial charge in [0.25, 0.3) is 0 Å². The molecule has 16 heavy (non-hydrogen) atoms. The van der Waals surface area contributed by atoms with Crippen LogP contribution in [0.1, 0.15) is 31.4 Å². The van der Waals surface area contributed by atoms with E-state index in [2.05, 4.69) is 36.5 Å². The average Bonchev–Trinajstić information content (AvgIpc) is 2.39. The molecule has 0 bridgehead atoms. The van der Waals surface area contributed by atoms with Crippen molar-refractivity contribution in [1.29, 1.82) is 0 Å². The third-order valence-electron chi connectivity index (χ3n) is 3.46. The van der Waals surface area contributed by atoms with Crippen LogP contribution < -0.4 is 11.2 Å². The summed E-state index contributed by atoms with van der Waals surface area (Å²) >= 11 is 0. The maximum Gasteiger partial charge on any atom is 0.0465 e. The van der Waals surface area contributed by atoms with Gasteiger partial charge in [-0.05, 0) is 38.4 Å². The van der Waals surface area contributed by atoms with E-state index in [4.69, 9.17) is 5.84 Å². The van der Waals surface area contributed by atoms with E-state index in [0.29, 0.717) is 12.1 Å². The van der Waals surface area contributed by atoms with E-state index in [9.17, 15) is 0 Å². The van der Waals surface area contributed by atoms with Gasteiger partial charge in [0.05, 0.1) is 0 Å². The molecule has 1 fully saturated rings. The van der Waals surface area contributed by atoms with E-state index in [-0.39, 0.29) is 0 Å². The number of nitrogens with one attached hydrogen (secondary N) is 1. The van der Waals surface area contributed by atoms with Crippen LogP contribution in [0.2, 0.25) is 0 Å². The number of hydrazine groups is 1. The van der Waals surface area contributed by atoms with Crippen LogP contribution in [0.3, 0.4) is 0 Å². The number of hydrogen-bond acceptors (Lipinski definition) is 3. The first-order valence-corrected chi connectivity index (χ1v) is 6.07. The fraction of sp³-hybridized carbons (Fsp3) is 0.538. The highest BCUT2D eigenvalue weighted by Gasteiger charge is 2.22. The van der Waals surface area contributed by atoms with Gasteiger partial charge in [-0.2, -0.15) is 0 Å². The zero-order chi connectivity index (χ0) is 11.4. The maximum atomic E-state index is 6.23. The molecule has 1 aliphatic heterocycles. The van der Waals surface area contributed by atoms with Crippen molar-refractivity contribution in [3.05, 3.63) is 35.9 Å². The van der Waals surface area contributed by atoms with Crippen molar-refractivity contribution in [3.8, 4) is 0 Å². The minimum Gasteiger partial charge on any atom is -0.317 e. The molecule has 3 nitrogen and oxygen atoms in total. The highest BCUT2D eigenvalue weighted by Crippen LogP contribution is 2.22. The number of hydrogen-bond donors (Lipinski definition) is 2. The van der Waals surface area contributed by atoms with E-state index in [0.717, 1.165) is 25.9 Å². The molecule has 1 aliphatic rings. The predicted molar refractivity (Wildman–Crippen MR) is 66.8 cm³/mol. The van der Waals surface area contributed by atoms with Crippen molar-refractivity contribution in [2.24, 2.45) is 5.84 Å². The molecular weight excluding hydrogens is 198 g/mol. The standard InChI is InChI=1S/C13H21N3/c1-11(12-5-3-2-4-6-12)16(14)13-7-9-15-10-8-13/h2-6,11,13,15H,7-10,14H2,1H3. The Bertz CT molecular complexity index is 306. The maximum absolute atomic E-state index is 6.23. The largest absolute Gasteiger partial charge is 0.317 e. The Morgan fingerprint density at radius 2 is 1.88 bits per heavy atom. The molecule has 3 heteroatoms. The quantitative estimate of drug-likeness (QED) is 0.600. The van der Waals surface area contributed by atoms with Crippen LogP contribution >= 0.6 is 0 Å². The van der Waals surface area contributed by atoms with Crippen LogP contribution in [-0.2, 0) is 0 Å². The highest BCUT2D eigenvalue weighted by molar-refractivity contribution is 5.18. The van der Waals surface area contributed by atoms with Crippen molar-refractivity contribution in [2.75, 3.05) is 13.1 Å². The Balaban J connectivity index is 2.00. The molecule has 1 aromatic rings. The molecule has 88 valence electrons. The minimum atomic E-state index is 0.296. The molecule has 0 saturated carbocycles. The summed E-state index contributed by atoms with van der Waals surface area (Å²) in [6, 6.07) is 11.3. The van der Waals surface area contributed by atoms with Gasteiger partial charge in [-0.1, -0.05) is 30.3 Å². The Morgan fingerprint density at radius 1 is 1.25 bits per heavy atom. The Labute approximate surface area is 97.6 Å². The lowest BCUT2D eigenvalue weighted by atomic mass is 10.0. The van der Waals surface area contributed by atoms with Crippen molar-refractivity contribution < 1.29 is 0 Å². The normalized spacial score (nSPS) is 19.9. The number of rotatable bonds is 3. The Morgan fingerprint density at radius 3 is 2.50 bits per heavy atom. The fourth-order valence-electron chi connectivity index (χ4n) is 2.32. The third kappa shape index (κ3) is 2.61. The van der Waals surface area contributed by atoms with Crippen molar-refractivity contribution in [1.82, 2.24) is 10.3 Å². The lowest BCUT2D eigenvalue weighted by Gasteiger charge is -2.35. The molecule has 1 heterocycles. The second-order valence-electron chi connectivity index (χ2n) is 4.52. The molecule has 3 N–H and O–H groups in total. The summed E-state index contributed by atoms with van der Waals surface area (Å²) in [5, 5.41) is 5.39. The topological polar surface area (TPSA) is 41.3 Å². The third-order valence-corrected chi connectivity index (χ3v) is 3.46. The zero-order valence-corrected chi connectivity index (χ0v) is 9.89. The van der Waals surface area contributed by atoms with Crippen LogP contribution in [0.15, 0.2) is 30.3 Å². The molecule has 0 aromatic heterocycles. The molecule has 1 aromatic carbocycles. The second kappa shape index (κ2) is 5.43. The monoisotopic (exact) mass is 219 g/mol. The second-order valence-corrected chi connectivity index (χ2v) is 4.52. The summed E-state index contributed by atoms with van der Waals surface area (Å²) in [7, 11) is 0. The molecule has 0 radical (unpaired) electrons. The van der Waals surface area contributed by atoms with Crippen LogP contribution in [-0.4, -0.2) is 24.1 Å². The number of piperidine rings is 1. The van der Waals surface area contributed by atoms with E-state index >= 15 is 0 Å². The van der Waals surface area contributed by atoms with Gasteiger partial charge >= 0.3 is 0 Å². The first kappa shape index (κ1) is 11.6. The Hall–Kier alpha value is -0.900. The van der Waals surface area contributed by atoms with Crippen LogP contribution in [0.5, 0.6) is 0 Å². The van der Waals surface area contributed by atoms with E-state index in [1.54, 1.807) is 0 Å². The molecule has 0 aliphatic carbocycles. The summed E-state index contributed by atoms with van der Waals surface area (Å²) in [5.74, 6) is 6.23. The van der Waals surface area contributed by atoms with Crippen LogP contribution in [0.4, 0.5) is 0 Å². The molecule has 1 saturated heterocycles. The van der Waals surface area contributed by atoms with E-state index in [1.165, 1.54) is 5.56 Å². The van der Waals surface area contributed by atoms with Gasteiger partial charge < -0.3 is 5.32 Å². The fourth-order valence-corrected chi connectivity index (χ4v) is 2.32. The molecule has 0 spiro atoms. The van der Waals surface area contributed by atoms with Gasteiger partial charge in [0.1, 0.15) is 0 Å². The molecule has 1 atom stereocenters. The lowest BCUT2D eigenvalue weighted by Crippen LogP contribution is -2.47. The zero-order valence-electron chi connectivity index (χ0n) is 9.89. The van der Waals surface area contributed by atoms with Crippen LogP contribution in [0, 0.1) is 0 Å². The van der Waals surface area contributed by atoms with Gasteiger partial charge in [-0.25, -0.2) is 5.01 Å². The van der Waals surface area contributed by atoms with E-state index < -0.39 is 0 Å². The first-order valence-electron chi connectivity index (χ1n) is 6.07. The summed E-state index contributed by atoms with van der Waals surface area (Å²) in [6.07, 6.45) is 2.29. The van der Waals surface area contributed by atoms with Crippen molar-refractivity contribution in [2.45, 2.75) is 31.8 Å². The van der Waals surface area contributed by atoms with Gasteiger partial charge in [-0.15, -0.1) is 0 Å². The molecular formula is C13H21N3. The van der Waals surface area contributed by atoms with Gasteiger partial charge in [0.15, 0.2) is 0 Å². The van der Waals surface area contributed by atoms with Crippen molar-refractivity contribution in [3.63, 3.8) is 0 Å². The summed E-state index contributed by atoms with van der Waals surface area (Å²) in [4.78, 5) is 0. The number of benzene rings is 1. The average molecular weight is 219 g/mol. The van der Waals surface area contributed by atoms with Crippen molar-refractivity contribution >= 4 is 0 Å². The first-order chi connectivity index (χ1) is 7.79. The minimum absolute atomic E-state index is 0.296. The number of nitrogens with two attached hydrogens (primary N) is 1. The lowest BCUT2D eigenvalue weighted by molar-refractivity contribution is 0.118. The molecule has 0 amide bonds. The van der Waals surface area contributed by atoms with Gasteiger partial charge in [0.2, 0.25) is 0 Å². The summed E-state index contributed by atoms with van der Waals surface area (Å²) in [5.41, 5.74) is 1.29. The van der Waals surface area contributed by atoms with E-state index in [1.807, 2.05) is 11.1 Å². The van der Waals surface area contributed by atoms with Gasteiger partial charge in [-0.3, -0.25) is 5.84 Å². The Kier molecular flexibility index (Phi) is 3.93. The smallest absolute Gasteiger partial charge is 0.0465 e. The van der Waals surface area contributed by atoms with Crippen LogP contribution in [0.25, 0.3) is 0 Å². The SMILES string of the molecule is CC(c1ccccc1)N(N)C1CCNCC1. The van der Waals surface area contributed by atoms with Gasteiger partial charge in [0, 0.05) is 12.1 Å². The molecule has 1 unspecified atom stereocenters. The summed E-state index contributed by atoms with van der Waals surface area (Å²) in [6.45, 7) is 4.34. The summed E-state index contributed by atoms with van der Waals surface area (Å²) < 4.78 is 0. The number of nitrogens with zero attached hydrogens (tertiary/aromatic N) is 1. The molecule has 2 rings (SSSR count).